The van der Waals surface area contributed by atoms with Gasteiger partial charge in [-0.05, 0) is 38.1 Å². The molecule has 1 atom stereocenters. The molecule has 0 amide bonds. The van der Waals surface area contributed by atoms with Crippen molar-refractivity contribution in [1.82, 2.24) is 4.90 Å². The van der Waals surface area contributed by atoms with Crippen LogP contribution in [0, 0.1) is 5.92 Å². The first-order chi connectivity index (χ1) is 8.28. The van der Waals surface area contributed by atoms with Crippen molar-refractivity contribution in [1.29, 1.82) is 0 Å². The van der Waals surface area contributed by atoms with Crippen LogP contribution in [0.1, 0.15) is 45.4 Å². The number of likely N-dealkylation sites (N-methyl/N-ethyl adjacent to an activating group) is 1. The standard InChI is InChI=1S/C14H28N2O/c1-3-16(13-6-4-5-7-13)14(10-15,11-17-2)12-8-9-12/h12-13H,3-11,15H2,1-2H3. The summed E-state index contributed by atoms with van der Waals surface area (Å²) in [5, 5.41) is 0. The molecule has 100 valence electrons. The first kappa shape index (κ1) is 13.3. The van der Waals surface area contributed by atoms with Gasteiger partial charge in [-0.1, -0.05) is 19.8 Å². The highest BCUT2D eigenvalue weighted by Crippen LogP contribution is 2.45. The monoisotopic (exact) mass is 240 g/mol. The molecule has 2 aliphatic carbocycles. The lowest BCUT2D eigenvalue weighted by Crippen LogP contribution is -2.61. The van der Waals surface area contributed by atoms with Crippen LogP contribution in [0.25, 0.3) is 0 Å². The van der Waals surface area contributed by atoms with E-state index in [4.69, 9.17) is 10.5 Å². The number of methoxy groups -OCH3 is 1. The summed E-state index contributed by atoms with van der Waals surface area (Å²) in [6, 6.07) is 0.749. The van der Waals surface area contributed by atoms with Gasteiger partial charge < -0.3 is 10.5 Å². The minimum atomic E-state index is 0.124. The summed E-state index contributed by atoms with van der Waals surface area (Å²) in [6.45, 7) is 4.94. The summed E-state index contributed by atoms with van der Waals surface area (Å²) in [7, 11) is 1.81. The summed E-state index contributed by atoms with van der Waals surface area (Å²) >= 11 is 0. The summed E-state index contributed by atoms with van der Waals surface area (Å²) in [5.74, 6) is 0.771. The molecule has 2 fully saturated rings. The Balaban J connectivity index is 2.15. The fraction of sp³-hybridized carbons (Fsp3) is 1.00. The maximum atomic E-state index is 6.16. The molecule has 0 spiro atoms. The Morgan fingerprint density at radius 1 is 1.24 bits per heavy atom. The molecule has 17 heavy (non-hydrogen) atoms. The van der Waals surface area contributed by atoms with E-state index in [0.717, 1.165) is 31.7 Å². The molecule has 0 heterocycles. The predicted molar refractivity (Wildman–Crippen MR) is 71.0 cm³/mol. The summed E-state index contributed by atoms with van der Waals surface area (Å²) in [5.41, 5.74) is 6.28. The van der Waals surface area contributed by atoms with Gasteiger partial charge in [0.2, 0.25) is 0 Å². The van der Waals surface area contributed by atoms with Crippen molar-refractivity contribution in [2.75, 3.05) is 26.8 Å². The average molecular weight is 240 g/mol. The molecule has 2 saturated carbocycles. The van der Waals surface area contributed by atoms with Crippen molar-refractivity contribution in [3.63, 3.8) is 0 Å². The zero-order chi connectivity index (χ0) is 12.3. The van der Waals surface area contributed by atoms with Crippen molar-refractivity contribution >= 4 is 0 Å². The van der Waals surface area contributed by atoms with Crippen LogP contribution >= 0.6 is 0 Å². The van der Waals surface area contributed by atoms with Gasteiger partial charge in [0.05, 0.1) is 12.1 Å². The lowest BCUT2D eigenvalue weighted by atomic mass is 9.89. The highest BCUT2D eigenvalue weighted by atomic mass is 16.5. The van der Waals surface area contributed by atoms with Gasteiger partial charge in [0.25, 0.3) is 0 Å². The highest BCUT2D eigenvalue weighted by Gasteiger charge is 2.50. The van der Waals surface area contributed by atoms with E-state index in [1.807, 2.05) is 7.11 Å². The van der Waals surface area contributed by atoms with Crippen molar-refractivity contribution in [2.24, 2.45) is 11.7 Å². The molecule has 0 aromatic rings. The molecule has 3 nitrogen and oxygen atoms in total. The van der Waals surface area contributed by atoms with Gasteiger partial charge in [0.1, 0.15) is 0 Å². The maximum absolute atomic E-state index is 6.16. The van der Waals surface area contributed by atoms with Crippen LogP contribution < -0.4 is 5.73 Å². The third-order valence-corrected chi connectivity index (χ3v) is 4.76. The quantitative estimate of drug-likeness (QED) is 0.740. The fourth-order valence-corrected chi connectivity index (χ4v) is 3.80. The first-order valence-electron chi connectivity index (χ1n) is 7.24. The van der Waals surface area contributed by atoms with Gasteiger partial charge in [0.15, 0.2) is 0 Å². The molecule has 0 aliphatic heterocycles. The molecule has 2 rings (SSSR count). The molecule has 0 bridgehead atoms. The Hall–Kier alpha value is -0.120. The van der Waals surface area contributed by atoms with Crippen LogP contribution in [-0.4, -0.2) is 43.3 Å². The van der Waals surface area contributed by atoms with E-state index in [-0.39, 0.29) is 5.54 Å². The van der Waals surface area contributed by atoms with Gasteiger partial charge in [-0.25, -0.2) is 0 Å². The number of nitrogens with two attached hydrogens (primary N) is 1. The van der Waals surface area contributed by atoms with Crippen LogP contribution in [0.2, 0.25) is 0 Å². The fourth-order valence-electron chi connectivity index (χ4n) is 3.80. The number of rotatable bonds is 7. The van der Waals surface area contributed by atoms with Gasteiger partial charge >= 0.3 is 0 Å². The lowest BCUT2D eigenvalue weighted by molar-refractivity contribution is -0.0224. The number of nitrogens with zero attached hydrogens (tertiary/aromatic N) is 1. The van der Waals surface area contributed by atoms with E-state index in [9.17, 15) is 0 Å². The van der Waals surface area contributed by atoms with Gasteiger partial charge in [0, 0.05) is 19.7 Å². The summed E-state index contributed by atoms with van der Waals surface area (Å²) in [6.07, 6.45) is 8.16. The molecule has 0 radical (unpaired) electrons. The minimum Gasteiger partial charge on any atom is -0.383 e. The van der Waals surface area contributed by atoms with Crippen LogP contribution in [0.15, 0.2) is 0 Å². The molecule has 0 saturated heterocycles. The third kappa shape index (κ3) is 2.51. The molecule has 2 N–H and O–H groups in total. The number of hydrogen-bond acceptors (Lipinski definition) is 3. The molecule has 0 aromatic carbocycles. The smallest absolute Gasteiger partial charge is 0.0661 e. The SMILES string of the molecule is CCN(C1CCCC1)C(CN)(COC)C1CC1. The van der Waals surface area contributed by atoms with E-state index >= 15 is 0 Å². The van der Waals surface area contributed by atoms with Crippen molar-refractivity contribution < 1.29 is 4.74 Å². The maximum Gasteiger partial charge on any atom is 0.0661 e. The molecular weight excluding hydrogens is 212 g/mol. The lowest BCUT2D eigenvalue weighted by Gasteiger charge is -2.46. The van der Waals surface area contributed by atoms with Crippen LogP contribution in [0.3, 0.4) is 0 Å². The molecule has 2 aliphatic rings. The van der Waals surface area contributed by atoms with E-state index in [0.29, 0.717) is 0 Å². The average Bonchev–Trinajstić information content (AvgIpc) is 3.07. The largest absolute Gasteiger partial charge is 0.383 e. The van der Waals surface area contributed by atoms with Crippen molar-refractivity contribution in [3.05, 3.63) is 0 Å². The Morgan fingerprint density at radius 3 is 2.29 bits per heavy atom. The second-order valence-corrected chi connectivity index (χ2v) is 5.74. The van der Waals surface area contributed by atoms with E-state index in [1.165, 1.54) is 38.5 Å². The second kappa shape index (κ2) is 5.68. The van der Waals surface area contributed by atoms with Gasteiger partial charge in [-0.3, -0.25) is 4.90 Å². The van der Waals surface area contributed by atoms with Gasteiger partial charge in [-0.15, -0.1) is 0 Å². The Labute approximate surface area is 106 Å². The highest BCUT2D eigenvalue weighted by molar-refractivity contribution is 5.05. The van der Waals surface area contributed by atoms with E-state index in [1.54, 1.807) is 0 Å². The Morgan fingerprint density at radius 2 is 1.88 bits per heavy atom. The van der Waals surface area contributed by atoms with Crippen LogP contribution in [0.4, 0.5) is 0 Å². The molecule has 3 heteroatoms. The second-order valence-electron chi connectivity index (χ2n) is 5.74. The molecule has 1 unspecified atom stereocenters. The third-order valence-electron chi connectivity index (χ3n) is 4.76. The van der Waals surface area contributed by atoms with E-state index in [2.05, 4.69) is 11.8 Å². The molecule has 0 aromatic heterocycles. The zero-order valence-corrected chi connectivity index (χ0v) is 11.5. The predicted octanol–water partition coefficient (Wildman–Crippen LogP) is 2.00. The summed E-state index contributed by atoms with van der Waals surface area (Å²) in [4.78, 5) is 2.68. The summed E-state index contributed by atoms with van der Waals surface area (Å²) < 4.78 is 5.52. The van der Waals surface area contributed by atoms with E-state index < -0.39 is 0 Å². The number of hydrogen-bond donors (Lipinski definition) is 1. The van der Waals surface area contributed by atoms with Crippen LogP contribution in [0.5, 0.6) is 0 Å². The zero-order valence-electron chi connectivity index (χ0n) is 11.5. The number of ether oxygens (including phenoxy) is 1. The minimum absolute atomic E-state index is 0.124. The van der Waals surface area contributed by atoms with Crippen LogP contribution in [-0.2, 0) is 4.74 Å². The molecular formula is C14H28N2O. The van der Waals surface area contributed by atoms with Crippen molar-refractivity contribution in [3.8, 4) is 0 Å². The topological polar surface area (TPSA) is 38.5 Å². The first-order valence-corrected chi connectivity index (χ1v) is 7.24. The van der Waals surface area contributed by atoms with Gasteiger partial charge in [-0.2, -0.15) is 0 Å². The van der Waals surface area contributed by atoms with Crippen molar-refractivity contribution in [2.45, 2.75) is 57.0 Å². The Kier molecular flexibility index (Phi) is 4.45. The Bertz CT molecular complexity index is 236. The normalized spacial score (nSPS) is 25.4.